The lowest BCUT2D eigenvalue weighted by Crippen LogP contribution is -2.12. The van der Waals surface area contributed by atoms with Gasteiger partial charge in [0.15, 0.2) is 17.4 Å². The number of rotatable bonds is 6. The van der Waals surface area contributed by atoms with Crippen molar-refractivity contribution in [3.05, 3.63) is 76.5 Å². The van der Waals surface area contributed by atoms with E-state index in [9.17, 15) is 23.0 Å². The minimum atomic E-state index is -3.84. The van der Waals surface area contributed by atoms with E-state index in [0.29, 0.717) is 21.5 Å². The highest BCUT2D eigenvalue weighted by molar-refractivity contribution is 7.58. The zero-order valence-corrected chi connectivity index (χ0v) is 17.4. The maximum atomic E-state index is 13.3. The van der Waals surface area contributed by atoms with E-state index in [1.807, 2.05) is 0 Å². The van der Waals surface area contributed by atoms with Crippen LogP contribution in [0.2, 0.25) is 5.02 Å². The summed E-state index contributed by atoms with van der Waals surface area (Å²) in [6, 6.07) is 8.54. The molecule has 0 fully saturated rings. The van der Waals surface area contributed by atoms with Crippen LogP contribution in [0.3, 0.4) is 0 Å². The number of Topliss-reactive ketones (excluding diaryl/α,β-unsaturated/α-hetero) is 1. The second-order valence-corrected chi connectivity index (χ2v) is 9.79. The average Bonchev–Trinajstić information content (AvgIpc) is 2.92. The molecule has 0 aliphatic carbocycles. The van der Waals surface area contributed by atoms with E-state index in [2.05, 4.69) is 0 Å². The van der Waals surface area contributed by atoms with Crippen LogP contribution in [0.4, 0.5) is 8.78 Å². The number of aryl methyl sites for hydroxylation is 1. The maximum Gasteiger partial charge on any atom is 0.212 e. The number of hydrogen-bond donors (Lipinski definition) is 1. The first-order chi connectivity index (χ1) is 13.6. The molecule has 0 aliphatic heterocycles. The molecule has 0 bridgehead atoms. The van der Waals surface area contributed by atoms with Crippen molar-refractivity contribution in [1.29, 1.82) is 0 Å². The highest BCUT2D eigenvalue weighted by Crippen LogP contribution is 2.55. The van der Waals surface area contributed by atoms with Crippen LogP contribution < -0.4 is 0 Å². The molecule has 0 radical (unpaired) electrons. The molecule has 8 heteroatoms. The third kappa shape index (κ3) is 4.67. The van der Waals surface area contributed by atoms with Crippen molar-refractivity contribution in [3.63, 3.8) is 0 Å². The number of hydrogen-bond acceptors (Lipinski definition) is 2. The van der Waals surface area contributed by atoms with E-state index >= 15 is 0 Å². The Kier molecular flexibility index (Phi) is 6.08. The summed E-state index contributed by atoms with van der Waals surface area (Å²) in [5, 5.41) is 1.09. The Morgan fingerprint density at radius 3 is 2.62 bits per heavy atom. The lowest BCUT2D eigenvalue weighted by molar-refractivity contribution is -0.118. The lowest BCUT2D eigenvalue weighted by Gasteiger charge is -2.18. The molecule has 0 amide bonds. The van der Waals surface area contributed by atoms with Gasteiger partial charge in [-0.05, 0) is 41.5 Å². The standard InChI is InChI=1S/C21H19ClF2NO3P/c1-25-12-16(15-11-14(22)7-9-19(15)25)21(29(2,27)28)20(26)5-3-4-13-6-8-17(23)18(24)10-13/h3-4,6-12,21H,5H2,1-2H3,(H,27,28)/b4-3+. The summed E-state index contributed by atoms with van der Waals surface area (Å²) in [6.45, 7) is 1.15. The van der Waals surface area contributed by atoms with Gasteiger partial charge in [-0.1, -0.05) is 29.8 Å². The Morgan fingerprint density at radius 1 is 1.24 bits per heavy atom. The summed E-state index contributed by atoms with van der Waals surface area (Å²) in [5.41, 5.74) is 0.380. The van der Waals surface area contributed by atoms with Crippen LogP contribution in [0, 0.1) is 11.6 Å². The number of nitrogens with zero attached hydrogens (tertiary/aromatic N) is 1. The van der Waals surface area contributed by atoms with E-state index in [0.717, 1.165) is 24.3 Å². The highest BCUT2D eigenvalue weighted by atomic mass is 35.5. The van der Waals surface area contributed by atoms with Crippen molar-refractivity contribution in [2.75, 3.05) is 6.66 Å². The first-order valence-corrected chi connectivity index (χ1v) is 11.3. The minimum absolute atomic E-state index is 0.140. The zero-order chi connectivity index (χ0) is 21.3. The lowest BCUT2D eigenvalue weighted by atomic mass is 10.0. The number of allylic oxidation sites excluding steroid dienone is 1. The molecule has 1 N–H and O–H groups in total. The van der Waals surface area contributed by atoms with Gasteiger partial charge >= 0.3 is 0 Å². The van der Waals surface area contributed by atoms with Crippen molar-refractivity contribution in [3.8, 4) is 0 Å². The third-order valence-electron chi connectivity index (χ3n) is 4.63. The number of halogens is 3. The molecular weight excluding hydrogens is 419 g/mol. The minimum Gasteiger partial charge on any atom is -0.350 e. The Bertz CT molecular complexity index is 1170. The van der Waals surface area contributed by atoms with Gasteiger partial charge in [0.05, 0.1) is 0 Å². The van der Waals surface area contributed by atoms with E-state index in [4.69, 9.17) is 11.6 Å². The van der Waals surface area contributed by atoms with Crippen molar-refractivity contribution < 1.29 is 23.0 Å². The van der Waals surface area contributed by atoms with Gasteiger partial charge in [0.1, 0.15) is 5.66 Å². The van der Waals surface area contributed by atoms with Crippen LogP contribution in [-0.2, 0) is 16.4 Å². The highest BCUT2D eigenvalue weighted by Gasteiger charge is 2.35. The molecule has 2 atom stereocenters. The molecule has 152 valence electrons. The Labute approximate surface area is 171 Å². The molecule has 2 aromatic carbocycles. The van der Waals surface area contributed by atoms with E-state index in [-0.39, 0.29) is 6.42 Å². The molecule has 1 aromatic heterocycles. The fourth-order valence-electron chi connectivity index (χ4n) is 3.35. The number of benzene rings is 2. The quantitative estimate of drug-likeness (QED) is 0.501. The summed E-state index contributed by atoms with van der Waals surface area (Å²) < 4.78 is 40.7. The molecule has 1 heterocycles. The molecule has 3 aromatic rings. The first-order valence-electron chi connectivity index (χ1n) is 8.76. The zero-order valence-electron chi connectivity index (χ0n) is 15.8. The van der Waals surface area contributed by atoms with E-state index in [1.165, 1.54) is 18.2 Å². The van der Waals surface area contributed by atoms with Crippen molar-refractivity contribution in [1.82, 2.24) is 4.57 Å². The fraction of sp³-hybridized carbons (Fsp3) is 0.190. The predicted octanol–water partition coefficient (Wildman–Crippen LogP) is 5.72. The van der Waals surface area contributed by atoms with Crippen LogP contribution in [-0.4, -0.2) is 21.9 Å². The van der Waals surface area contributed by atoms with Crippen LogP contribution in [0.1, 0.15) is 23.2 Å². The number of ketones is 1. The molecule has 0 aliphatic rings. The molecule has 2 unspecified atom stereocenters. The van der Waals surface area contributed by atoms with Crippen LogP contribution >= 0.6 is 19.0 Å². The number of fused-ring (bicyclic) bond motifs is 1. The van der Waals surface area contributed by atoms with Gasteiger partial charge in [-0.15, -0.1) is 0 Å². The summed E-state index contributed by atoms with van der Waals surface area (Å²) in [7, 11) is -2.06. The largest absolute Gasteiger partial charge is 0.350 e. The molecule has 3 rings (SSSR count). The Balaban J connectivity index is 1.93. The maximum absolute atomic E-state index is 13.3. The van der Waals surface area contributed by atoms with Crippen LogP contribution in [0.5, 0.6) is 0 Å². The molecule has 0 spiro atoms. The third-order valence-corrected chi connectivity index (χ3v) is 6.39. The Hall–Kier alpha value is -2.27. The summed E-state index contributed by atoms with van der Waals surface area (Å²) in [5.74, 6) is -2.40. The van der Waals surface area contributed by atoms with Gasteiger partial charge in [-0.3, -0.25) is 9.36 Å². The van der Waals surface area contributed by atoms with Crippen molar-refractivity contribution in [2.45, 2.75) is 12.1 Å². The smallest absolute Gasteiger partial charge is 0.212 e. The van der Waals surface area contributed by atoms with Crippen LogP contribution in [0.25, 0.3) is 17.0 Å². The van der Waals surface area contributed by atoms with Gasteiger partial charge in [-0.2, -0.15) is 0 Å². The fourth-order valence-corrected chi connectivity index (χ4v) is 4.88. The predicted molar refractivity (Wildman–Crippen MR) is 111 cm³/mol. The van der Waals surface area contributed by atoms with E-state index in [1.54, 1.807) is 36.0 Å². The molecule has 0 saturated heterocycles. The van der Waals surface area contributed by atoms with Gasteiger partial charge in [0.2, 0.25) is 7.37 Å². The number of carbonyl (C=O) groups excluding carboxylic acids is 1. The summed E-state index contributed by atoms with van der Waals surface area (Å²) in [6.07, 6.45) is 4.46. The van der Waals surface area contributed by atoms with Crippen molar-refractivity contribution >= 4 is 41.7 Å². The normalized spacial score (nSPS) is 15.0. The monoisotopic (exact) mass is 437 g/mol. The van der Waals surface area contributed by atoms with Crippen LogP contribution in [0.15, 0.2) is 48.7 Å². The van der Waals surface area contributed by atoms with E-state index < -0.39 is 30.4 Å². The SMILES string of the molecule is Cn1cc(C(C(=O)C/C=C/c2ccc(F)c(F)c2)P(C)(=O)O)c2cc(Cl)ccc21. The van der Waals surface area contributed by atoms with Gasteiger partial charge in [-0.25, -0.2) is 8.78 Å². The second-order valence-electron chi connectivity index (χ2n) is 6.95. The summed E-state index contributed by atoms with van der Waals surface area (Å²) >= 11 is 6.08. The Morgan fingerprint density at radius 2 is 1.97 bits per heavy atom. The molecule has 29 heavy (non-hydrogen) atoms. The number of carbonyl (C=O) groups is 1. The van der Waals surface area contributed by atoms with Gasteiger partial charge < -0.3 is 9.46 Å². The first kappa shape index (κ1) is 21.4. The molecule has 4 nitrogen and oxygen atoms in total. The van der Waals surface area contributed by atoms with Gasteiger partial charge in [0, 0.05) is 42.3 Å². The number of aromatic nitrogens is 1. The average molecular weight is 438 g/mol. The second kappa shape index (κ2) is 8.23. The molecule has 0 saturated carbocycles. The topological polar surface area (TPSA) is 59.3 Å². The molecular formula is C21H19ClF2NO3P. The summed E-state index contributed by atoms with van der Waals surface area (Å²) in [4.78, 5) is 23.2. The van der Waals surface area contributed by atoms with Crippen molar-refractivity contribution in [2.24, 2.45) is 7.05 Å². The van der Waals surface area contributed by atoms with Gasteiger partial charge in [0.25, 0.3) is 0 Å².